The third-order valence-electron chi connectivity index (χ3n) is 11.5. The number of carbonyl (C=O) groups is 9. The first-order chi connectivity index (χ1) is 33.7. The number of nitrogens with one attached hydrogen (secondary N) is 6. The van der Waals surface area contributed by atoms with Crippen LogP contribution in [0.5, 0.6) is 0 Å². The fourth-order valence-electron chi connectivity index (χ4n) is 7.85. The maximum Gasteiger partial charge on any atom is 0.411 e. The molecule has 5 rings (SSSR count). The molecule has 9 N–H and O–H groups in total. The Bertz CT molecular complexity index is 2730. The van der Waals surface area contributed by atoms with Gasteiger partial charge in [-0.25, -0.2) is 14.4 Å². The van der Waals surface area contributed by atoms with Crippen molar-refractivity contribution < 1.29 is 57.7 Å². The summed E-state index contributed by atoms with van der Waals surface area (Å²) in [7, 11) is 1.30. The van der Waals surface area contributed by atoms with Crippen LogP contribution >= 0.6 is 0 Å². The van der Waals surface area contributed by atoms with E-state index in [9.17, 15) is 48.3 Å². The number of nitrogens with two attached hydrogens (primary N) is 1. The molecule has 71 heavy (non-hydrogen) atoms. The number of amides is 8. The first-order valence-electron chi connectivity index (χ1n) is 23.3. The summed E-state index contributed by atoms with van der Waals surface area (Å²) in [4.78, 5) is 116. The van der Waals surface area contributed by atoms with Crippen LogP contribution in [0.4, 0.5) is 15.3 Å². The van der Waals surface area contributed by atoms with Crippen LogP contribution < -0.4 is 37.6 Å². The largest absolute Gasteiger partial charge is 0.478 e. The van der Waals surface area contributed by atoms with Crippen molar-refractivity contribution in [1.29, 1.82) is 0 Å². The predicted molar refractivity (Wildman–Crippen MR) is 265 cm³/mol. The summed E-state index contributed by atoms with van der Waals surface area (Å²) in [6, 6.07) is 19.2. The number of nitrogens with zero attached hydrogens (tertiary/aromatic N) is 1. The van der Waals surface area contributed by atoms with Crippen molar-refractivity contribution in [2.45, 2.75) is 91.1 Å². The number of ether oxygens (including phenoxy) is 2. The normalized spacial score (nSPS) is 12.9. The van der Waals surface area contributed by atoms with Gasteiger partial charge in [0.25, 0.3) is 0 Å². The number of benzene rings is 5. The Morgan fingerprint density at radius 2 is 1.35 bits per heavy atom. The van der Waals surface area contributed by atoms with Crippen LogP contribution in [-0.4, -0.2) is 108 Å². The number of rotatable bonds is 24. The van der Waals surface area contributed by atoms with E-state index >= 15 is 0 Å². The zero-order chi connectivity index (χ0) is 51.9. The Labute approximate surface area is 410 Å². The van der Waals surface area contributed by atoms with Gasteiger partial charge >= 0.3 is 24.1 Å². The van der Waals surface area contributed by atoms with Gasteiger partial charge in [-0.1, -0.05) is 94.4 Å². The van der Waals surface area contributed by atoms with E-state index in [1.165, 1.54) is 38.2 Å². The lowest BCUT2D eigenvalue weighted by Gasteiger charge is -2.27. The molecule has 0 saturated heterocycles. The number of hydrogen-bond acceptors (Lipinski definition) is 11. The van der Waals surface area contributed by atoms with Crippen molar-refractivity contribution in [3.63, 3.8) is 0 Å². The molecule has 0 bridgehead atoms. The molecule has 8 amide bonds. The molecular formula is C51H62N8O12. The number of likely N-dealkylation sites (N-methyl/N-ethyl adjacent to an activating group) is 1. The van der Waals surface area contributed by atoms with Gasteiger partial charge in [-0.3, -0.25) is 28.8 Å². The van der Waals surface area contributed by atoms with E-state index in [1.54, 1.807) is 13.8 Å². The molecule has 5 aromatic rings. The molecule has 4 atom stereocenters. The van der Waals surface area contributed by atoms with Gasteiger partial charge in [0.15, 0.2) is 0 Å². The molecule has 0 radical (unpaired) electrons. The summed E-state index contributed by atoms with van der Waals surface area (Å²) in [6.07, 6.45) is -3.00. The van der Waals surface area contributed by atoms with Gasteiger partial charge in [0.05, 0.1) is 6.61 Å². The second-order valence-electron chi connectivity index (χ2n) is 18.0. The Kier molecular flexibility index (Phi) is 19.0. The molecule has 0 spiro atoms. The van der Waals surface area contributed by atoms with Crippen LogP contribution in [0.3, 0.4) is 0 Å². The minimum Gasteiger partial charge on any atom is -0.478 e. The van der Waals surface area contributed by atoms with E-state index in [0.29, 0.717) is 0 Å². The second-order valence-corrected chi connectivity index (χ2v) is 18.0. The fourth-order valence-corrected chi connectivity index (χ4v) is 7.85. The zero-order valence-corrected chi connectivity index (χ0v) is 40.6. The lowest BCUT2D eigenvalue weighted by Crippen LogP contribution is -2.57. The zero-order valence-electron chi connectivity index (χ0n) is 40.6. The maximum atomic E-state index is 13.8. The van der Waals surface area contributed by atoms with E-state index in [4.69, 9.17) is 15.2 Å². The van der Waals surface area contributed by atoms with Crippen molar-refractivity contribution in [2.24, 2.45) is 17.6 Å². The number of carbonyl (C=O) groups excluding carboxylic acids is 8. The number of primary amides is 1. The Morgan fingerprint density at radius 3 is 1.97 bits per heavy atom. The van der Waals surface area contributed by atoms with Gasteiger partial charge in [0.1, 0.15) is 24.7 Å². The molecule has 0 aromatic heterocycles. The van der Waals surface area contributed by atoms with E-state index in [2.05, 4.69) is 56.2 Å². The lowest BCUT2D eigenvalue weighted by molar-refractivity contribution is -0.148. The monoisotopic (exact) mass is 978 g/mol. The minimum absolute atomic E-state index is 0.00963. The number of esters is 1. The lowest BCUT2D eigenvalue weighted by atomic mass is 9.92. The standard InChI is InChI=1S/C51H62N8O12/c1-28(2)27-70-41(62)23-22-39(55-30(5)60)47(64)58-44(29(3)4)48(65)57-38(11-8-24-53-50(52)68)46(63)56-36-19-16-34(17-20-36)45(49(66)67)71-51(69)59(6)26-40(61)54-25-35-15-14-33-13-12-31-9-7-10-32-18-21-37(35)43(33)42(31)32/h7,9-10,12-21,28-29,38-39,44-45H,8,11,22-27H2,1-6H3,(H,54,61)(H,55,60)(H,56,63)(H,57,65)(H,58,64)(H,66,67)(H3,52,53,68)/t38-,39-,44-,45?/m0/s1. The maximum absolute atomic E-state index is 13.8. The van der Waals surface area contributed by atoms with Crippen LogP contribution in [0, 0.1) is 11.8 Å². The number of urea groups is 1. The highest BCUT2D eigenvalue weighted by atomic mass is 16.6. The van der Waals surface area contributed by atoms with Crippen LogP contribution in [0.25, 0.3) is 32.3 Å². The first-order valence-corrected chi connectivity index (χ1v) is 23.3. The molecule has 0 aliphatic carbocycles. The van der Waals surface area contributed by atoms with Crippen LogP contribution in [0.2, 0.25) is 0 Å². The first kappa shape index (κ1) is 53.9. The highest BCUT2D eigenvalue weighted by Gasteiger charge is 2.32. The molecule has 0 fully saturated rings. The Balaban J connectivity index is 1.19. The van der Waals surface area contributed by atoms with Gasteiger partial charge in [0, 0.05) is 44.7 Å². The van der Waals surface area contributed by atoms with Crippen molar-refractivity contribution in [1.82, 2.24) is 31.5 Å². The molecule has 0 aliphatic rings. The quantitative estimate of drug-likeness (QED) is 0.0239. The van der Waals surface area contributed by atoms with Crippen molar-refractivity contribution in [3.05, 3.63) is 90.0 Å². The molecule has 20 nitrogen and oxygen atoms in total. The van der Waals surface area contributed by atoms with Gasteiger partial charge < -0.3 is 57.1 Å². The molecule has 1 unspecified atom stereocenters. The number of hydrogen-bond donors (Lipinski definition) is 8. The highest BCUT2D eigenvalue weighted by molar-refractivity contribution is 6.23. The van der Waals surface area contributed by atoms with Crippen LogP contribution in [0.1, 0.15) is 77.5 Å². The van der Waals surface area contributed by atoms with E-state index in [0.717, 1.165) is 42.8 Å². The number of carboxylic acid groups (broad SMARTS) is 1. The summed E-state index contributed by atoms with van der Waals surface area (Å²) in [5.41, 5.74) is 6.26. The van der Waals surface area contributed by atoms with Crippen molar-refractivity contribution >= 4 is 91.6 Å². The predicted octanol–water partition coefficient (Wildman–Crippen LogP) is 4.59. The summed E-state index contributed by atoms with van der Waals surface area (Å²) >= 11 is 0. The van der Waals surface area contributed by atoms with Gasteiger partial charge in [-0.05, 0) is 81.1 Å². The number of aliphatic carboxylic acids is 1. The van der Waals surface area contributed by atoms with E-state index in [1.807, 2.05) is 44.2 Å². The van der Waals surface area contributed by atoms with Gasteiger partial charge in [-0.15, -0.1) is 0 Å². The summed E-state index contributed by atoms with van der Waals surface area (Å²) < 4.78 is 10.5. The van der Waals surface area contributed by atoms with Crippen LogP contribution in [-0.2, 0) is 49.6 Å². The van der Waals surface area contributed by atoms with Crippen LogP contribution in [0.15, 0.2) is 78.9 Å². The highest BCUT2D eigenvalue weighted by Crippen LogP contribution is 2.36. The third-order valence-corrected chi connectivity index (χ3v) is 11.5. The molecule has 0 aliphatic heterocycles. The average molecular weight is 979 g/mol. The molecule has 5 aromatic carbocycles. The van der Waals surface area contributed by atoms with E-state index in [-0.39, 0.29) is 62.5 Å². The van der Waals surface area contributed by atoms with Gasteiger partial charge in [-0.2, -0.15) is 0 Å². The molecule has 0 saturated carbocycles. The topological polar surface area (TPSA) is 294 Å². The molecular weight excluding hydrogens is 917 g/mol. The number of carboxylic acids is 1. The minimum atomic E-state index is -1.80. The van der Waals surface area contributed by atoms with Crippen molar-refractivity contribution in [2.75, 3.05) is 32.1 Å². The summed E-state index contributed by atoms with van der Waals surface area (Å²) in [5.74, 6) is -5.75. The van der Waals surface area contributed by atoms with E-state index < -0.39 is 90.3 Å². The molecule has 20 heteroatoms. The molecule has 378 valence electrons. The summed E-state index contributed by atoms with van der Waals surface area (Å²) in [5, 5.41) is 32.2. The fraction of sp³-hybridized carbons (Fsp3) is 0.392. The number of anilines is 1. The Morgan fingerprint density at radius 1 is 0.718 bits per heavy atom. The van der Waals surface area contributed by atoms with Gasteiger partial charge in [0.2, 0.25) is 35.6 Å². The third kappa shape index (κ3) is 15.2. The smallest absolute Gasteiger partial charge is 0.411 e. The Hall–Kier alpha value is -8.03. The SMILES string of the molecule is CC(=O)N[C@@H](CCC(=O)OCC(C)C)C(=O)N[C@H](C(=O)N[C@@H](CCCNC(N)=O)C(=O)Nc1ccc(C(OC(=O)N(C)CC(=O)NCc2ccc3ccc4cccc5ccc2c3c45)C(=O)O)cc1)C(C)C. The van der Waals surface area contributed by atoms with Crippen molar-refractivity contribution in [3.8, 4) is 0 Å². The summed E-state index contributed by atoms with van der Waals surface area (Å²) in [6.45, 7) is 8.23. The molecule has 0 heterocycles. The average Bonchev–Trinajstić information content (AvgIpc) is 3.32. The second kappa shape index (κ2) is 25.0.